The summed E-state index contributed by atoms with van der Waals surface area (Å²) < 4.78 is 1.78. The number of piperidine rings is 1. The Kier molecular flexibility index (Phi) is 5.18. The normalized spacial score (nSPS) is 36.1. The van der Waals surface area contributed by atoms with Crippen molar-refractivity contribution in [1.29, 1.82) is 0 Å². The van der Waals surface area contributed by atoms with E-state index in [9.17, 15) is 9.59 Å². The number of likely N-dealkylation sites (tertiary alicyclic amines) is 1. The summed E-state index contributed by atoms with van der Waals surface area (Å²) in [6, 6.07) is 5.62. The number of carbonyl (C=O) groups is 2. The monoisotopic (exact) mass is 518 g/mol. The first-order valence-corrected chi connectivity index (χ1v) is 14.3. The van der Waals surface area contributed by atoms with Gasteiger partial charge in [-0.05, 0) is 37.9 Å². The number of aryl methyl sites for hydroxylation is 1. The van der Waals surface area contributed by atoms with Crippen LogP contribution in [0.1, 0.15) is 55.9 Å². The third-order valence-corrected chi connectivity index (χ3v) is 11.1. The zero-order chi connectivity index (χ0) is 26.4. The van der Waals surface area contributed by atoms with Crippen LogP contribution in [0.15, 0.2) is 30.6 Å². The molecule has 9 nitrogen and oxygen atoms in total. The molecule has 38 heavy (non-hydrogen) atoms. The maximum absolute atomic E-state index is 14.5. The smallest absolute Gasteiger partial charge is 0.341 e. The van der Waals surface area contributed by atoms with Gasteiger partial charge in [0.25, 0.3) is 5.91 Å². The summed E-state index contributed by atoms with van der Waals surface area (Å²) in [6.07, 6.45) is 10.6. The van der Waals surface area contributed by atoms with E-state index in [-0.39, 0.29) is 33.7 Å². The minimum atomic E-state index is -0.525. The summed E-state index contributed by atoms with van der Waals surface area (Å²) in [5.41, 5.74) is 1.75. The Morgan fingerprint density at radius 3 is 2.55 bits per heavy atom. The zero-order valence-corrected chi connectivity index (χ0v) is 23.1. The molecule has 2 aromatic heterocycles. The summed E-state index contributed by atoms with van der Waals surface area (Å²) in [4.78, 5) is 37.6. The lowest BCUT2D eigenvalue weighted by molar-refractivity contribution is -0.140. The molecule has 0 bridgehead atoms. The fraction of sp³-hybridized carbons (Fsp3) is 0.655. The van der Waals surface area contributed by atoms with E-state index in [0.29, 0.717) is 17.2 Å². The number of nitrogens with one attached hydrogen (secondary N) is 1. The molecule has 5 fully saturated rings. The highest BCUT2D eigenvalue weighted by molar-refractivity contribution is 6.01. The molecule has 5 atom stereocenters. The third-order valence-electron chi connectivity index (χ3n) is 11.1. The minimum Gasteiger partial charge on any atom is -0.353 e. The van der Waals surface area contributed by atoms with Gasteiger partial charge in [0, 0.05) is 62.2 Å². The number of rotatable bonds is 5. The van der Waals surface area contributed by atoms with E-state index in [1.54, 1.807) is 24.0 Å². The molecular weight excluding hydrogens is 478 g/mol. The summed E-state index contributed by atoms with van der Waals surface area (Å²) in [6.45, 7) is 5.39. The van der Waals surface area contributed by atoms with Crippen molar-refractivity contribution in [2.75, 3.05) is 38.6 Å². The number of hydrogen-bond acceptors (Lipinski definition) is 6. The predicted molar refractivity (Wildman–Crippen MR) is 146 cm³/mol. The van der Waals surface area contributed by atoms with E-state index in [2.05, 4.69) is 46.3 Å². The van der Waals surface area contributed by atoms with E-state index < -0.39 is 6.04 Å². The Labute approximate surface area is 224 Å². The quantitative estimate of drug-likeness (QED) is 0.613. The molecule has 2 saturated heterocycles. The summed E-state index contributed by atoms with van der Waals surface area (Å²) >= 11 is 0. The molecule has 0 aromatic carbocycles. The van der Waals surface area contributed by atoms with Gasteiger partial charge in [-0.25, -0.2) is 14.3 Å². The van der Waals surface area contributed by atoms with Crippen LogP contribution in [-0.4, -0.2) is 82.8 Å². The standard InChI is InChI=1S/C29H39N7O2/c1-28-16-22(28)36(4,20-8-9-23(30-17-20)35-15-14-33(2)29(18-35)11-12-29)27(38)25(24(28)19-6-5-7-19)32-26(37)21-10-13-31-34(21)3/h8-10,13,17,19,22,24-25H,5-7,11-12,14-16,18H2,1-4H3/p+1/t22?,24?,25-,28?,36?/m0/s1. The van der Waals surface area contributed by atoms with Crippen LogP contribution in [0.4, 0.5) is 11.5 Å². The number of piperazine rings is 1. The number of pyridine rings is 1. The van der Waals surface area contributed by atoms with Crippen LogP contribution < -0.4 is 14.7 Å². The highest BCUT2D eigenvalue weighted by Gasteiger charge is 2.75. The second kappa shape index (κ2) is 8.11. The Morgan fingerprint density at radius 1 is 1.16 bits per heavy atom. The molecule has 1 spiro atoms. The second-order valence-electron chi connectivity index (χ2n) is 13.1. The van der Waals surface area contributed by atoms with Crippen LogP contribution >= 0.6 is 0 Å². The lowest BCUT2D eigenvalue weighted by Crippen LogP contribution is -2.69. The molecule has 1 N–H and O–H groups in total. The van der Waals surface area contributed by atoms with E-state index in [1.165, 1.54) is 19.3 Å². The van der Waals surface area contributed by atoms with E-state index in [0.717, 1.165) is 50.4 Å². The Hall–Kier alpha value is -2.78. The third kappa shape index (κ3) is 3.37. The second-order valence-corrected chi connectivity index (χ2v) is 13.1. The first-order chi connectivity index (χ1) is 18.2. The first kappa shape index (κ1) is 24.3. The van der Waals surface area contributed by atoms with Crippen LogP contribution in [0.3, 0.4) is 0 Å². The average molecular weight is 519 g/mol. The van der Waals surface area contributed by atoms with Gasteiger partial charge in [-0.2, -0.15) is 5.10 Å². The van der Waals surface area contributed by atoms with Gasteiger partial charge in [0.15, 0.2) is 5.69 Å². The Morgan fingerprint density at radius 2 is 1.95 bits per heavy atom. The molecule has 3 aliphatic carbocycles. The lowest BCUT2D eigenvalue weighted by Gasteiger charge is -2.49. The molecule has 9 heteroatoms. The lowest BCUT2D eigenvalue weighted by atomic mass is 9.64. The molecule has 4 heterocycles. The molecule has 3 saturated carbocycles. The maximum Gasteiger partial charge on any atom is 0.341 e. The van der Waals surface area contributed by atoms with Gasteiger partial charge in [-0.1, -0.05) is 26.2 Å². The molecule has 4 unspecified atom stereocenters. The van der Waals surface area contributed by atoms with Gasteiger partial charge < -0.3 is 10.2 Å². The van der Waals surface area contributed by atoms with Crippen molar-refractivity contribution >= 4 is 23.3 Å². The van der Waals surface area contributed by atoms with Crippen molar-refractivity contribution in [2.45, 2.75) is 63.1 Å². The number of likely N-dealkylation sites (N-methyl/N-ethyl adjacent to an activating group) is 2. The Bertz CT molecular complexity index is 1280. The van der Waals surface area contributed by atoms with Crippen molar-refractivity contribution in [3.8, 4) is 0 Å². The van der Waals surface area contributed by atoms with Gasteiger partial charge in [-0.15, -0.1) is 0 Å². The van der Waals surface area contributed by atoms with Gasteiger partial charge in [0.1, 0.15) is 23.6 Å². The molecule has 2 aromatic rings. The van der Waals surface area contributed by atoms with Crippen molar-refractivity contribution in [3.63, 3.8) is 0 Å². The van der Waals surface area contributed by atoms with Gasteiger partial charge in [0.05, 0.1) is 13.2 Å². The van der Waals surface area contributed by atoms with Crippen molar-refractivity contribution in [2.24, 2.45) is 24.3 Å². The number of amides is 2. The van der Waals surface area contributed by atoms with Gasteiger partial charge in [0.2, 0.25) is 0 Å². The summed E-state index contributed by atoms with van der Waals surface area (Å²) in [7, 11) is 6.04. The van der Waals surface area contributed by atoms with E-state index >= 15 is 0 Å². The number of aromatic nitrogens is 3. The maximum atomic E-state index is 14.5. The van der Waals surface area contributed by atoms with Crippen molar-refractivity contribution in [1.82, 2.24) is 29.5 Å². The molecule has 5 aliphatic rings. The van der Waals surface area contributed by atoms with Crippen LogP contribution in [0.2, 0.25) is 0 Å². The highest BCUT2D eigenvalue weighted by Crippen LogP contribution is 2.65. The number of hydrogen-bond donors (Lipinski definition) is 1. The van der Waals surface area contributed by atoms with Gasteiger partial charge >= 0.3 is 5.91 Å². The van der Waals surface area contributed by atoms with Crippen molar-refractivity contribution in [3.05, 3.63) is 36.3 Å². The fourth-order valence-electron chi connectivity index (χ4n) is 8.13. The molecule has 202 valence electrons. The Balaban J connectivity index is 1.19. The number of carbonyl (C=O) groups excluding carboxylic acids is 2. The number of nitrogens with zero attached hydrogens (tertiary/aromatic N) is 6. The predicted octanol–water partition coefficient (Wildman–Crippen LogP) is 2.57. The molecular formula is C29H40N7O2+. The van der Waals surface area contributed by atoms with Crippen LogP contribution in [0.5, 0.6) is 0 Å². The average Bonchev–Trinajstić information content (AvgIpc) is 3.76. The largest absolute Gasteiger partial charge is 0.353 e. The highest BCUT2D eigenvalue weighted by atomic mass is 16.2. The number of fused-ring (bicyclic) bond motifs is 1. The number of quaternary nitrogens is 1. The SMILES string of the molecule is CN1CCN(c2ccc([N+]3(C)C(=O)[C@@H](NC(=O)c4ccnn4C)C(C4CCC4)C4(C)CC43)cn2)CC12CC2. The minimum absolute atomic E-state index is 0.0205. The zero-order valence-electron chi connectivity index (χ0n) is 23.1. The molecule has 0 radical (unpaired) electrons. The van der Waals surface area contributed by atoms with Gasteiger partial charge in [-0.3, -0.25) is 14.4 Å². The van der Waals surface area contributed by atoms with Crippen LogP contribution in [0.25, 0.3) is 0 Å². The van der Waals surface area contributed by atoms with E-state index in [4.69, 9.17) is 4.98 Å². The summed E-state index contributed by atoms with van der Waals surface area (Å²) in [5, 5.41) is 7.36. The first-order valence-electron chi connectivity index (χ1n) is 14.3. The van der Waals surface area contributed by atoms with Crippen LogP contribution in [-0.2, 0) is 11.8 Å². The fourth-order valence-corrected chi connectivity index (χ4v) is 8.13. The summed E-state index contributed by atoms with van der Waals surface area (Å²) in [5.74, 6) is 1.52. The van der Waals surface area contributed by atoms with Crippen molar-refractivity contribution < 1.29 is 9.59 Å². The molecule has 2 amide bonds. The molecule has 2 aliphatic heterocycles. The van der Waals surface area contributed by atoms with Crippen LogP contribution in [0, 0.1) is 17.3 Å². The number of anilines is 1. The molecule has 7 rings (SSSR count). The van der Waals surface area contributed by atoms with E-state index in [1.807, 2.05) is 13.2 Å². The topological polar surface area (TPSA) is 83.4 Å².